The van der Waals surface area contributed by atoms with Crippen molar-refractivity contribution >= 4 is 40.0 Å². The summed E-state index contributed by atoms with van der Waals surface area (Å²) in [4.78, 5) is 56.1. The van der Waals surface area contributed by atoms with E-state index in [1.807, 2.05) is 36.4 Å². The number of nitrogens with one attached hydrogen (secondary N) is 2. The molecule has 2 aliphatic heterocycles. The number of methoxy groups -OCH3 is 1. The Morgan fingerprint density at radius 3 is 2.47 bits per heavy atom. The van der Waals surface area contributed by atoms with Crippen LogP contribution in [0.15, 0.2) is 42.6 Å². The van der Waals surface area contributed by atoms with Crippen LogP contribution < -0.4 is 21.1 Å². The molecular formula is C37H49N7O7. The van der Waals surface area contributed by atoms with Gasteiger partial charge in [0.2, 0.25) is 17.6 Å². The topological polar surface area (TPSA) is 191 Å². The van der Waals surface area contributed by atoms with Crippen molar-refractivity contribution in [2.45, 2.75) is 101 Å². The van der Waals surface area contributed by atoms with Crippen molar-refractivity contribution in [3.05, 3.63) is 48.3 Å². The van der Waals surface area contributed by atoms with Crippen molar-refractivity contribution in [2.24, 2.45) is 11.7 Å². The van der Waals surface area contributed by atoms with Gasteiger partial charge in [0.25, 0.3) is 5.91 Å². The molecule has 3 heterocycles. The summed E-state index contributed by atoms with van der Waals surface area (Å²) in [5, 5.41) is 27.6. The monoisotopic (exact) mass is 703 g/mol. The predicted octanol–water partition coefficient (Wildman–Crippen LogP) is 2.98. The Morgan fingerprint density at radius 1 is 1.08 bits per heavy atom. The van der Waals surface area contributed by atoms with E-state index in [1.54, 1.807) is 30.5 Å². The number of nitrogens with zero attached hydrogens (tertiary/aromatic N) is 4. The highest BCUT2D eigenvalue weighted by Gasteiger charge is 2.49. The molecule has 3 atom stereocenters. The zero-order valence-electron chi connectivity index (χ0n) is 29.6. The van der Waals surface area contributed by atoms with Crippen LogP contribution in [0.4, 0.5) is 5.69 Å². The van der Waals surface area contributed by atoms with E-state index in [2.05, 4.69) is 20.9 Å². The van der Waals surface area contributed by atoms with E-state index in [4.69, 9.17) is 15.2 Å². The van der Waals surface area contributed by atoms with Gasteiger partial charge in [0, 0.05) is 44.7 Å². The summed E-state index contributed by atoms with van der Waals surface area (Å²) in [6.07, 6.45) is 7.77. The number of carbonyl (C=O) groups excluding carboxylic acids is 4. The van der Waals surface area contributed by atoms with Gasteiger partial charge < -0.3 is 35.8 Å². The van der Waals surface area contributed by atoms with Crippen LogP contribution in [0.1, 0.15) is 83.4 Å². The first-order valence-corrected chi connectivity index (χ1v) is 17.9. The van der Waals surface area contributed by atoms with Gasteiger partial charge in [-0.05, 0) is 61.2 Å². The fourth-order valence-corrected chi connectivity index (χ4v) is 7.94. The van der Waals surface area contributed by atoms with Gasteiger partial charge in [0.1, 0.15) is 29.0 Å². The third-order valence-electron chi connectivity index (χ3n) is 10.8. The Hall–Kier alpha value is -4.56. The van der Waals surface area contributed by atoms with Crippen molar-refractivity contribution in [1.82, 2.24) is 25.2 Å². The highest BCUT2D eigenvalue weighted by Crippen LogP contribution is 2.35. The number of ketones is 1. The molecule has 0 unspecified atom stereocenters. The molecule has 5 N–H and O–H groups in total. The van der Waals surface area contributed by atoms with Gasteiger partial charge in [0.15, 0.2) is 0 Å². The molecule has 3 aromatic rings. The summed E-state index contributed by atoms with van der Waals surface area (Å²) in [6, 6.07) is 9.57. The number of carbonyl (C=O) groups is 4. The van der Waals surface area contributed by atoms with Crippen molar-refractivity contribution in [3.8, 4) is 5.75 Å². The van der Waals surface area contributed by atoms with Gasteiger partial charge in [-0.3, -0.25) is 19.2 Å². The Balaban J connectivity index is 1.34. The number of hydrogen-bond acceptors (Lipinski definition) is 10. The SMILES string of the molecule is COc1ccc2cc(N[C@H](CC3CCCCC3)C(=O)N3C[C@@H](n4nncc4C(C)(C)O)C[C@H]3C(=O)NC3(C(=O)C(N)=O)CCOCC3)ccc2c1. The van der Waals surface area contributed by atoms with Gasteiger partial charge in [-0.1, -0.05) is 49.5 Å². The van der Waals surface area contributed by atoms with Crippen molar-refractivity contribution in [1.29, 1.82) is 0 Å². The van der Waals surface area contributed by atoms with Crippen LogP contribution in [-0.4, -0.2) is 93.0 Å². The molecule has 3 fully saturated rings. The molecule has 0 spiro atoms. The number of ether oxygens (including phenoxy) is 2. The summed E-state index contributed by atoms with van der Waals surface area (Å²) in [5.74, 6) is -1.78. The summed E-state index contributed by atoms with van der Waals surface area (Å²) in [6.45, 7) is 3.68. The van der Waals surface area contributed by atoms with Crippen LogP contribution in [0.5, 0.6) is 5.75 Å². The summed E-state index contributed by atoms with van der Waals surface area (Å²) in [5.41, 5.74) is 3.84. The minimum Gasteiger partial charge on any atom is -0.497 e. The molecule has 6 rings (SSSR count). The number of hydrogen-bond donors (Lipinski definition) is 4. The van der Waals surface area contributed by atoms with Gasteiger partial charge in [-0.2, -0.15) is 0 Å². The first kappa shape index (κ1) is 36.2. The van der Waals surface area contributed by atoms with Crippen LogP contribution in [0.2, 0.25) is 0 Å². The summed E-state index contributed by atoms with van der Waals surface area (Å²) in [7, 11) is 1.63. The smallest absolute Gasteiger partial charge is 0.287 e. The van der Waals surface area contributed by atoms with E-state index in [9.17, 15) is 24.3 Å². The Labute approximate surface area is 297 Å². The molecule has 1 aliphatic carbocycles. The fourth-order valence-electron chi connectivity index (χ4n) is 7.94. The lowest BCUT2D eigenvalue weighted by Gasteiger charge is -2.37. The molecule has 3 aliphatic rings. The van der Waals surface area contributed by atoms with Gasteiger partial charge >= 0.3 is 0 Å². The normalized spacial score (nSPS) is 21.6. The number of nitrogens with two attached hydrogens (primary N) is 1. The maximum atomic E-state index is 14.9. The second-order valence-electron chi connectivity index (χ2n) is 14.8. The molecule has 3 amide bonds. The van der Waals surface area contributed by atoms with Crippen LogP contribution in [0.3, 0.4) is 0 Å². The number of rotatable bonds is 12. The van der Waals surface area contributed by atoms with Crippen LogP contribution in [0.25, 0.3) is 10.8 Å². The first-order valence-electron chi connectivity index (χ1n) is 17.9. The Kier molecular flexibility index (Phi) is 10.6. The number of aliphatic hydroxyl groups is 1. The molecular weight excluding hydrogens is 654 g/mol. The number of likely N-dealkylation sites (tertiary alicyclic amines) is 1. The second kappa shape index (κ2) is 15.0. The quantitative estimate of drug-likeness (QED) is 0.204. The zero-order chi connectivity index (χ0) is 36.3. The second-order valence-corrected chi connectivity index (χ2v) is 14.8. The fraction of sp³-hybridized carbons (Fsp3) is 0.568. The molecule has 14 heteroatoms. The maximum absolute atomic E-state index is 14.9. The highest BCUT2D eigenvalue weighted by atomic mass is 16.5. The Morgan fingerprint density at radius 2 is 1.78 bits per heavy atom. The molecule has 51 heavy (non-hydrogen) atoms. The number of fused-ring (bicyclic) bond motifs is 1. The molecule has 0 bridgehead atoms. The third-order valence-corrected chi connectivity index (χ3v) is 10.8. The zero-order valence-corrected chi connectivity index (χ0v) is 29.6. The van der Waals surface area contributed by atoms with Crippen LogP contribution >= 0.6 is 0 Å². The van der Waals surface area contributed by atoms with Crippen LogP contribution in [-0.2, 0) is 29.5 Å². The summed E-state index contributed by atoms with van der Waals surface area (Å²) < 4.78 is 12.4. The van der Waals surface area contributed by atoms with E-state index in [-0.39, 0.29) is 44.9 Å². The lowest BCUT2D eigenvalue weighted by atomic mass is 9.84. The largest absolute Gasteiger partial charge is 0.497 e. The Bertz CT molecular complexity index is 1760. The van der Waals surface area contributed by atoms with Crippen molar-refractivity contribution in [3.63, 3.8) is 0 Å². The van der Waals surface area contributed by atoms with E-state index < -0.39 is 46.9 Å². The molecule has 14 nitrogen and oxygen atoms in total. The van der Waals surface area contributed by atoms with E-state index >= 15 is 0 Å². The molecule has 274 valence electrons. The van der Waals surface area contributed by atoms with Gasteiger partial charge in [0.05, 0.1) is 25.0 Å². The average molecular weight is 704 g/mol. The lowest BCUT2D eigenvalue weighted by Crippen LogP contribution is -2.63. The number of anilines is 1. The number of benzene rings is 2. The first-order chi connectivity index (χ1) is 24.4. The number of Topliss-reactive ketones (excluding diaryl/α,β-unsaturated/α-hetero) is 1. The van der Waals surface area contributed by atoms with E-state index in [1.165, 1.54) is 12.6 Å². The van der Waals surface area contributed by atoms with Gasteiger partial charge in [-0.25, -0.2) is 4.68 Å². The molecule has 2 saturated heterocycles. The average Bonchev–Trinajstić information content (AvgIpc) is 3.80. The minimum absolute atomic E-state index is 0.0796. The van der Waals surface area contributed by atoms with Gasteiger partial charge in [-0.15, -0.1) is 5.10 Å². The van der Waals surface area contributed by atoms with Crippen molar-refractivity contribution in [2.75, 3.05) is 32.2 Å². The van der Waals surface area contributed by atoms with Crippen LogP contribution in [0, 0.1) is 5.92 Å². The minimum atomic E-state index is -1.53. The summed E-state index contributed by atoms with van der Waals surface area (Å²) >= 11 is 0. The lowest BCUT2D eigenvalue weighted by molar-refractivity contribution is -0.147. The molecule has 0 radical (unpaired) electrons. The van der Waals surface area contributed by atoms with E-state index in [0.29, 0.717) is 18.0 Å². The predicted molar refractivity (Wildman–Crippen MR) is 189 cm³/mol. The maximum Gasteiger partial charge on any atom is 0.287 e. The molecule has 1 aromatic heterocycles. The standard InChI is InChI=1S/C37H49N7O7/c1-36(2,49)31-21-39-42-44(31)27-20-30(34(47)41-37(32(45)33(38)46)13-15-51-16-14-37)43(22-27)35(48)29(17-23-7-5-4-6-8-23)40-26-11-9-25-19-28(50-3)12-10-24(25)18-26/h9-12,18-19,21,23,27,29-30,40,49H,4-8,13-17,20,22H2,1-3H3,(H2,38,46)(H,41,47)/t27-,29+,30-/m0/s1. The van der Waals surface area contributed by atoms with E-state index in [0.717, 1.165) is 47.9 Å². The third kappa shape index (κ3) is 7.86. The number of aromatic nitrogens is 3. The molecule has 2 aromatic carbocycles. The van der Waals surface area contributed by atoms with Crippen molar-refractivity contribution < 1.29 is 33.8 Å². The highest BCUT2D eigenvalue weighted by molar-refractivity contribution is 6.39. The number of amides is 3. The molecule has 1 saturated carbocycles. The number of primary amides is 1.